The largest absolute Gasteiger partial charge is 0.455 e. The molecule has 5 aromatic rings. The molecule has 0 fully saturated rings. The first-order valence-corrected chi connectivity index (χ1v) is 10.2. The molecule has 2 N–H and O–H groups in total. The van der Waals surface area contributed by atoms with Crippen LogP contribution in [0.15, 0.2) is 68.7 Å². The Labute approximate surface area is 195 Å². The molecular weight excluding hydrogens is 472 g/mol. The number of hydrazone groups is 1. The standard InChI is InChI=1S/C21H12Cl2FN7O2/c22-12-3-1-11(2-4-12)17-8-6-14(32-17)10-25-29-19-18(27-20-21(28-19)31-33-30-20)26-13-5-7-16(24)15(23)9-13/h1-10H,(H,26,27,30)(H,28,29,31)/b25-10-. The molecule has 0 aliphatic carbocycles. The van der Waals surface area contributed by atoms with Gasteiger partial charge in [0.1, 0.15) is 17.3 Å². The third-order valence-corrected chi connectivity index (χ3v) is 4.96. The van der Waals surface area contributed by atoms with E-state index < -0.39 is 5.82 Å². The smallest absolute Gasteiger partial charge is 0.245 e. The minimum absolute atomic E-state index is 0.0426. The van der Waals surface area contributed by atoms with Crippen molar-refractivity contribution in [1.29, 1.82) is 0 Å². The van der Waals surface area contributed by atoms with Crippen LogP contribution < -0.4 is 10.7 Å². The number of furan rings is 1. The molecule has 0 atom stereocenters. The minimum atomic E-state index is -0.538. The van der Waals surface area contributed by atoms with Crippen molar-refractivity contribution in [2.45, 2.75) is 0 Å². The van der Waals surface area contributed by atoms with Gasteiger partial charge in [-0.05, 0) is 64.9 Å². The Kier molecular flexibility index (Phi) is 5.59. The van der Waals surface area contributed by atoms with Crippen LogP contribution in [0, 0.1) is 5.82 Å². The van der Waals surface area contributed by atoms with E-state index in [9.17, 15) is 4.39 Å². The van der Waals surface area contributed by atoms with E-state index >= 15 is 0 Å². The highest BCUT2D eigenvalue weighted by Gasteiger charge is 2.13. The van der Waals surface area contributed by atoms with Gasteiger partial charge in [-0.25, -0.2) is 14.0 Å². The number of anilines is 3. The quantitative estimate of drug-likeness (QED) is 0.226. The molecule has 33 heavy (non-hydrogen) atoms. The second-order valence-electron chi connectivity index (χ2n) is 6.67. The van der Waals surface area contributed by atoms with Crippen LogP contribution in [0.1, 0.15) is 5.76 Å². The molecule has 0 bridgehead atoms. The van der Waals surface area contributed by atoms with Crippen molar-refractivity contribution in [3.63, 3.8) is 0 Å². The molecule has 0 aliphatic heterocycles. The number of fused-ring (bicyclic) bond motifs is 1. The average Bonchev–Trinajstić information content (AvgIpc) is 3.46. The normalized spacial score (nSPS) is 11.4. The van der Waals surface area contributed by atoms with Gasteiger partial charge in [0, 0.05) is 16.3 Å². The summed E-state index contributed by atoms with van der Waals surface area (Å²) in [5.41, 5.74) is 4.51. The highest BCUT2D eigenvalue weighted by Crippen LogP contribution is 2.27. The van der Waals surface area contributed by atoms with E-state index in [0.29, 0.717) is 22.2 Å². The Balaban J connectivity index is 1.38. The summed E-state index contributed by atoms with van der Waals surface area (Å²) in [5.74, 6) is 1.10. The molecule has 3 heterocycles. The molecule has 12 heteroatoms. The molecule has 9 nitrogen and oxygen atoms in total. The third kappa shape index (κ3) is 4.61. The fourth-order valence-electron chi connectivity index (χ4n) is 2.86. The van der Waals surface area contributed by atoms with Crippen LogP contribution in [0.2, 0.25) is 10.0 Å². The van der Waals surface area contributed by atoms with Gasteiger partial charge in [-0.15, -0.1) is 0 Å². The molecule has 2 aromatic carbocycles. The van der Waals surface area contributed by atoms with E-state index in [1.165, 1.54) is 24.4 Å². The Bertz CT molecular complexity index is 1470. The molecular formula is C21H12Cl2FN7O2. The second kappa shape index (κ2) is 8.85. The van der Waals surface area contributed by atoms with Crippen molar-refractivity contribution >= 4 is 58.0 Å². The van der Waals surface area contributed by atoms with E-state index in [1.807, 2.05) is 18.2 Å². The zero-order valence-corrected chi connectivity index (χ0v) is 18.0. The maximum Gasteiger partial charge on any atom is 0.245 e. The maximum absolute atomic E-state index is 13.5. The van der Waals surface area contributed by atoms with Gasteiger partial charge >= 0.3 is 0 Å². The van der Waals surface area contributed by atoms with Gasteiger partial charge < -0.3 is 9.73 Å². The maximum atomic E-state index is 13.5. The lowest BCUT2D eigenvalue weighted by Crippen LogP contribution is -2.03. The van der Waals surface area contributed by atoms with Gasteiger partial charge in [0.15, 0.2) is 11.6 Å². The van der Waals surface area contributed by atoms with Crippen LogP contribution in [-0.2, 0) is 0 Å². The number of rotatable bonds is 6. The van der Waals surface area contributed by atoms with E-state index in [2.05, 4.69) is 40.8 Å². The molecule has 164 valence electrons. The number of hydrogen-bond acceptors (Lipinski definition) is 9. The Morgan fingerprint density at radius 1 is 0.909 bits per heavy atom. The van der Waals surface area contributed by atoms with Gasteiger partial charge in [-0.3, -0.25) is 5.43 Å². The highest BCUT2D eigenvalue weighted by molar-refractivity contribution is 6.31. The van der Waals surface area contributed by atoms with Crippen molar-refractivity contribution in [3.8, 4) is 11.3 Å². The summed E-state index contributed by atoms with van der Waals surface area (Å²) in [7, 11) is 0. The fraction of sp³-hybridized carbons (Fsp3) is 0. The molecule has 0 radical (unpaired) electrons. The Morgan fingerprint density at radius 3 is 2.42 bits per heavy atom. The van der Waals surface area contributed by atoms with Crippen molar-refractivity contribution in [2.75, 3.05) is 10.7 Å². The monoisotopic (exact) mass is 483 g/mol. The van der Waals surface area contributed by atoms with Gasteiger partial charge in [0.2, 0.25) is 11.3 Å². The first-order valence-electron chi connectivity index (χ1n) is 9.42. The lowest BCUT2D eigenvalue weighted by molar-refractivity contribution is 0.314. The van der Waals surface area contributed by atoms with Crippen molar-refractivity contribution in [2.24, 2.45) is 5.10 Å². The van der Waals surface area contributed by atoms with Crippen LogP contribution >= 0.6 is 23.2 Å². The second-order valence-corrected chi connectivity index (χ2v) is 7.51. The van der Waals surface area contributed by atoms with E-state index in [0.717, 1.165) is 5.56 Å². The zero-order chi connectivity index (χ0) is 22.8. The number of nitrogens with zero attached hydrogens (tertiary/aromatic N) is 5. The van der Waals surface area contributed by atoms with Crippen molar-refractivity contribution < 1.29 is 13.4 Å². The highest BCUT2D eigenvalue weighted by atomic mass is 35.5. The number of nitrogens with one attached hydrogen (secondary N) is 2. The molecule has 0 amide bonds. The third-order valence-electron chi connectivity index (χ3n) is 4.41. The summed E-state index contributed by atoms with van der Waals surface area (Å²) in [5, 5.41) is 15.1. The number of halogens is 3. The predicted molar refractivity (Wildman–Crippen MR) is 122 cm³/mol. The molecule has 0 saturated carbocycles. The van der Waals surface area contributed by atoms with Crippen LogP contribution in [-0.4, -0.2) is 26.5 Å². The minimum Gasteiger partial charge on any atom is -0.455 e. The lowest BCUT2D eigenvalue weighted by atomic mass is 10.2. The summed E-state index contributed by atoms with van der Waals surface area (Å²) >= 11 is 11.8. The molecule has 0 aliphatic rings. The summed E-state index contributed by atoms with van der Waals surface area (Å²) in [6.07, 6.45) is 1.48. The first kappa shape index (κ1) is 20.9. The van der Waals surface area contributed by atoms with E-state index in [1.54, 1.807) is 18.2 Å². The predicted octanol–water partition coefficient (Wildman–Crippen LogP) is 5.91. The summed E-state index contributed by atoms with van der Waals surface area (Å²) in [6.45, 7) is 0. The van der Waals surface area contributed by atoms with Crippen LogP contribution in [0.5, 0.6) is 0 Å². The van der Waals surface area contributed by atoms with Crippen molar-refractivity contribution in [3.05, 3.63) is 76.2 Å². The van der Waals surface area contributed by atoms with Crippen LogP contribution in [0.4, 0.5) is 21.7 Å². The number of aromatic nitrogens is 4. The molecule has 3 aromatic heterocycles. The number of benzene rings is 2. The average molecular weight is 484 g/mol. The van der Waals surface area contributed by atoms with Crippen LogP contribution in [0.25, 0.3) is 22.6 Å². The van der Waals surface area contributed by atoms with E-state index in [-0.39, 0.29) is 28.0 Å². The van der Waals surface area contributed by atoms with Crippen LogP contribution in [0.3, 0.4) is 0 Å². The zero-order valence-electron chi connectivity index (χ0n) is 16.5. The summed E-state index contributed by atoms with van der Waals surface area (Å²) in [6, 6.07) is 15.0. The fourth-order valence-corrected chi connectivity index (χ4v) is 3.17. The van der Waals surface area contributed by atoms with E-state index in [4.69, 9.17) is 27.6 Å². The van der Waals surface area contributed by atoms with Gasteiger partial charge in [0.05, 0.1) is 11.2 Å². The molecule has 0 spiro atoms. The summed E-state index contributed by atoms with van der Waals surface area (Å²) in [4.78, 5) is 8.61. The lowest BCUT2D eigenvalue weighted by Gasteiger charge is -2.09. The SMILES string of the molecule is Fc1ccc(Nc2nc3nonc3nc2N/N=C\c2ccc(-c3ccc(Cl)cc3)o2)cc1Cl. The van der Waals surface area contributed by atoms with Gasteiger partial charge in [-0.2, -0.15) is 10.1 Å². The molecule has 0 unspecified atom stereocenters. The number of hydrogen-bond donors (Lipinski definition) is 2. The Hall–Kier alpha value is -4.02. The topological polar surface area (TPSA) is 114 Å². The van der Waals surface area contributed by atoms with Crippen molar-refractivity contribution in [1.82, 2.24) is 20.3 Å². The molecule has 5 rings (SSSR count). The molecule has 0 saturated heterocycles. The first-order chi connectivity index (χ1) is 16.0. The summed E-state index contributed by atoms with van der Waals surface area (Å²) < 4.78 is 23.9. The Morgan fingerprint density at radius 2 is 1.67 bits per heavy atom. The van der Waals surface area contributed by atoms with Gasteiger partial charge in [-0.1, -0.05) is 23.2 Å². The van der Waals surface area contributed by atoms with Gasteiger partial charge in [0.25, 0.3) is 0 Å².